The Morgan fingerprint density at radius 1 is 1.24 bits per heavy atom. The van der Waals surface area contributed by atoms with Gasteiger partial charge in [0.2, 0.25) is 0 Å². The molecule has 3 aromatic rings. The number of phenols is 1. The summed E-state index contributed by atoms with van der Waals surface area (Å²) in [5.74, 6) is 0.268. The average molecular weight is 227 g/mol. The van der Waals surface area contributed by atoms with Gasteiger partial charge in [0.05, 0.1) is 11.2 Å². The summed E-state index contributed by atoms with van der Waals surface area (Å²) in [5.41, 5.74) is 8.10. The van der Waals surface area contributed by atoms with Gasteiger partial charge in [0.1, 0.15) is 11.4 Å². The highest BCUT2D eigenvalue weighted by Gasteiger charge is 2.07. The number of nitrogens with two attached hydrogens (primary N) is 1. The molecule has 1 aromatic carbocycles. The van der Waals surface area contributed by atoms with Gasteiger partial charge in [-0.3, -0.25) is 4.40 Å². The van der Waals surface area contributed by atoms with Crippen LogP contribution in [-0.2, 0) is 6.42 Å². The molecule has 0 unspecified atom stereocenters. The molecule has 0 aliphatic heterocycles. The zero-order valence-electron chi connectivity index (χ0n) is 9.30. The summed E-state index contributed by atoms with van der Waals surface area (Å²) in [5, 5.41) is 10.9. The van der Waals surface area contributed by atoms with Crippen molar-refractivity contribution in [3.8, 4) is 5.75 Å². The van der Waals surface area contributed by atoms with Crippen molar-refractivity contribution < 1.29 is 5.11 Å². The average Bonchev–Trinajstić information content (AvgIpc) is 2.72. The van der Waals surface area contributed by atoms with Gasteiger partial charge in [-0.05, 0) is 24.7 Å². The van der Waals surface area contributed by atoms with Crippen LogP contribution in [0.5, 0.6) is 5.75 Å². The molecule has 2 aromatic heterocycles. The highest BCUT2D eigenvalue weighted by molar-refractivity contribution is 5.87. The van der Waals surface area contributed by atoms with Crippen molar-refractivity contribution in [3.05, 3.63) is 42.2 Å². The molecule has 0 spiro atoms. The smallest absolute Gasteiger partial charge is 0.140 e. The highest BCUT2D eigenvalue weighted by atomic mass is 16.3. The maximum absolute atomic E-state index is 9.94. The van der Waals surface area contributed by atoms with E-state index in [1.165, 1.54) is 0 Å². The number of hydrogen-bond acceptors (Lipinski definition) is 3. The molecule has 17 heavy (non-hydrogen) atoms. The van der Waals surface area contributed by atoms with Crippen LogP contribution in [0.3, 0.4) is 0 Å². The van der Waals surface area contributed by atoms with Crippen molar-refractivity contribution in [1.82, 2.24) is 9.38 Å². The van der Waals surface area contributed by atoms with Gasteiger partial charge in [0.15, 0.2) is 0 Å². The second-order valence-corrected chi connectivity index (χ2v) is 4.05. The number of pyridine rings is 1. The molecule has 0 aliphatic carbocycles. The predicted molar refractivity (Wildman–Crippen MR) is 67.1 cm³/mol. The number of aromatic nitrogens is 2. The van der Waals surface area contributed by atoms with Crippen LogP contribution in [0.1, 0.15) is 5.69 Å². The third-order valence-corrected chi connectivity index (χ3v) is 2.88. The molecule has 0 amide bonds. The molecule has 0 saturated heterocycles. The minimum atomic E-state index is 0.268. The molecule has 0 fully saturated rings. The standard InChI is InChI=1S/C13H13N3O/c14-7-6-10-8-16-12(15-10)5-4-9-2-1-3-11(17)13(9)16/h1-5,8,17H,6-7,14H2. The van der Waals surface area contributed by atoms with E-state index in [4.69, 9.17) is 5.73 Å². The fourth-order valence-electron chi connectivity index (χ4n) is 2.12. The minimum Gasteiger partial charge on any atom is -0.506 e. The lowest BCUT2D eigenvalue weighted by atomic mass is 10.2. The van der Waals surface area contributed by atoms with Crippen LogP contribution in [0.15, 0.2) is 36.5 Å². The summed E-state index contributed by atoms with van der Waals surface area (Å²) < 4.78 is 1.91. The van der Waals surface area contributed by atoms with Crippen LogP contribution in [0, 0.1) is 0 Å². The van der Waals surface area contributed by atoms with Crippen LogP contribution in [0.2, 0.25) is 0 Å². The Bertz CT molecular complexity index is 688. The van der Waals surface area contributed by atoms with Crippen molar-refractivity contribution in [2.24, 2.45) is 5.73 Å². The van der Waals surface area contributed by atoms with Gasteiger partial charge in [0, 0.05) is 18.0 Å². The van der Waals surface area contributed by atoms with Crippen LogP contribution >= 0.6 is 0 Å². The summed E-state index contributed by atoms with van der Waals surface area (Å²) in [6.45, 7) is 0.577. The van der Waals surface area contributed by atoms with E-state index in [0.717, 1.165) is 28.7 Å². The predicted octanol–water partition coefficient (Wildman–Crippen LogP) is 1.69. The number of imidazole rings is 1. The molecule has 0 atom stereocenters. The molecule has 0 aliphatic rings. The zero-order chi connectivity index (χ0) is 11.8. The van der Waals surface area contributed by atoms with Gasteiger partial charge in [-0.25, -0.2) is 4.98 Å². The van der Waals surface area contributed by atoms with Crippen molar-refractivity contribution in [2.45, 2.75) is 6.42 Å². The second kappa shape index (κ2) is 3.75. The van der Waals surface area contributed by atoms with Crippen molar-refractivity contribution in [1.29, 1.82) is 0 Å². The number of phenolic OH excluding ortho intramolecular Hbond substituents is 1. The number of rotatable bonds is 2. The van der Waals surface area contributed by atoms with Gasteiger partial charge >= 0.3 is 0 Å². The number of aromatic hydroxyl groups is 1. The number of fused-ring (bicyclic) bond motifs is 3. The third kappa shape index (κ3) is 1.54. The van der Waals surface area contributed by atoms with E-state index in [1.54, 1.807) is 6.07 Å². The largest absolute Gasteiger partial charge is 0.506 e. The topological polar surface area (TPSA) is 63.5 Å². The van der Waals surface area contributed by atoms with Gasteiger partial charge in [-0.2, -0.15) is 0 Å². The molecule has 4 nitrogen and oxygen atoms in total. The van der Waals surface area contributed by atoms with Crippen LogP contribution < -0.4 is 5.73 Å². The number of benzene rings is 1. The van der Waals surface area contributed by atoms with Crippen molar-refractivity contribution >= 4 is 16.6 Å². The molecular weight excluding hydrogens is 214 g/mol. The van der Waals surface area contributed by atoms with Crippen molar-refractivity contribution in [3.63, 3.8) is 0 Å². The molecule has 0 saturated carbocycles. The molecule has 0 radical (unpaired) electrons. The van der Waals surface area contributed by atoms with Gasteiger partial charge in [0.25, 0.3) is 0 Å². The maximum Gasteiger partial charge on any atom is 0.140 e. The Labute approximate surface area is 98.3 Å². The highest BCUT2D eigenvalue weighted by Crippen LogP contribution is 2.25. The first-order valence-electron chi connectivity index (χ1n) is 5.58. The van der Waals surface area contributed by atoms with E-state index >= 15 is 0 Å². The number of para-hydroxylation sites is 1. The summed E-state index contributed by atoms with van der Waals surface area (Å²) in [6, 6.07) is 9.40. The first-order valence-corrected chi connectivity index (χ1v) is 5.58. The Hall–Kier alpha value is -2.07. The molecule has 3 rings (SSSR count). The van der Waals surface area contributed by atoms with Crippen LogP contribution in [0.4, 0.5) is 0 Å². The number of hydrogen-bond donors (Lipinski definition) is 2. The Morgan fingerprint density at radius 2 is 2.12 bits per heavy atom. The van der Waals surface area contributed by atoms with E-state index in [1.807, 2.05) is 34.9 Å². The summed E-state index contributed by atoms with van der Waals surface area (Å²) >= 11 is 0. The molecule has 4 heteroatoms. The van der Waals surface area contributed by atoms with Crippen LogP contribution in [-0.4, -0.2) is 21.0 Å². The molecule has 86 valence electrons. The van der Waals surface area contributed by atoms with E-state index < -0.39 is 0 Å². The molecule has 3 N–H and O–H groups in total. The van der Waals surface area contributed by atoms with Gasteiger partial charge in [-0.1, -0.05) is 12.1 Å². The van der Waals surface area contributed by atoms with E-state index in [9.17, 15) is 5.11 Å². The maximum atomic E-state index is 9.94. The Balaban J connectivity index is 2.37. The third-order valence-electron chi connectivity index (χ3n) is 2.88. The number of nitrogens with zero attached hydrogens (tertiary/aromatic N) is 2. The summed E-state index contributed by atoms with van der Waals surface area (Å²) in [4.78, 5) is 4.47. The van der Waals surface area contributed by atoms with Gasteiger partial charge in [-0.15, -0.1) is 0 Å². The van der Waals surface area contributed by atoms with Gasteiger partial charge < -0.3 is 10.8 Å². The summed E-state index contributed by atoms with van der Waals surface area (Å²) in [7, 11) is 0. The normalized spacial score (nSPS) is 11.4. The molecule has 0 bridgehead atoms. The first-order chi connectivity index (χ1) is 8.29. The first kappa shape index (κ1) is 10.1. The lowest BCUT2D eigenvalue weighted by Gasteiger charge is -2.03. The summed E-state index contributed by atoms with van der Waals surface area (Å²) in [6.07, 6.45) is 2.68. The quantitative estimate of drug-likeness (QED) is 0.700. The monoisotopic (exact) mass is 227 g/mol. The fourth-order valence-corrected chi connectivity index (χ4v) is 2.12. The zero-order valence-corrected chi connectivity index (χ0v) is 9.30. The van der Waals surface area contributed by atoms with Crippen molar-refractivity contribution in [2.75, 3.05) is 6.54 Å². The second-order valence-electron chi connectivity index (χ2n) is 4.05. The molecular formula is C13H13N3O. The van der Waals surface area contributed by atoms with E-state index in [-0.39, 0.29) is 5.75 Å². The van der Waals surface area contributed by atoms with Crippen LogP contribution in [0.25, 0.3) is 16.6 Å². The van der Waals surface area contributed by atoms with E-state index in [0.29, 0.717) is 6.54 Å². The lowest BCUT2D eigenvalue weighted by molar-refractivity contribution is 0.480. The van der Waals surface area contributed by atoms with E-state index in [2.05, 4.69) is 4.98 Å². The fraction of sp³-hybridized carbons (Fsp3) is 0.154. The Morgan fingerprint density at radius 3 is 2.94 bits per heavy atom. The Kier molecular flexibility index (Phi) is 2.23. The lowest BCUT2D eigenvalue weighted by Crippen LogP contribution is -2.02. The minimum absolute atomic E-state index is 0.268. The molecule has 2 heterocycles. The SMILES string of the molecule is NCCc1cn2c(ccc3cccc(O)c32)n1.